The zero-order valence-corrected chi connectivity index (χ0v) is 8.75. The topological polar surface area (TPSA) is 49.7 Å². The van der Waals surface area contributed by atoms with E-state index in [1.165, 1.54) is 7.05 Å². The van der Waals surface area contributed by atoms with Crippen LogP contribution in [-0.4, -0.2) is 18.0 Å². The average Bonchev–Trinajstić information content (AvgIpc) is 2.36. The van der Waals surface area contributed by atoms with Crippen LogP contribution in [0.1, 0.15) is 10.4 Å². The van der Waals surface area contributed by atoms with Crippen LogP contribution in [0.5, 0.6) is 0 Å². The summed E-state index contributed by atoms with van der Waals surface area (Å²) in [5.74, 6) is -0.402. The number of nitroso groups, excluding NO2 is 1. The predicted molar refractivity (Wildman–Crippen MR) is 61.8 cm³/mol. The minimum Gasteiger partial charge on any atom is -0.267 e. The van der Waals surface area contributed by atoms with Gasteiger partial charge in [0.15, 0.2) is 0 Å². The lowest BCUT2D eigenvalue weighted by atomic mass is 10.1. The number of fused-ring (bicyclic) bond motifs is 1. The number of rotatable bonds is 2. The maximum atomic E-state index is 11.7. The van der Waals surface area contributed by atoms with Crippen molar-refractivity contribution >= 4 is 16.7 Å². The number of hydrogen-bond acceptors (Lipinski definition) is 3. The first-order chi connectivity index (χ1) is 7.72. The number of carbonyl (C=O) groups excluding carboxylic acids is 1. The smallest absolute Gasteiger partial charge is 0.267 e. The molecule has 1 amide bonds. The van der Waals surface area contributed by atoms with Crippen LogP contribution < -0.4 is 0 Å². The lowest BCUT2D eigenvalue weighted by Gasteiger charge is -2.07. The Bertz CT molecular complexity index is 551. The minimum atomic E-state index is -0.402. The molecule has 0 fully saturated rings. The van der Waals surface area contributed by atoms with Gasteiger partial charge in [-0.15, -0.1) is 4.91 Å². The van der Waals surface area contributed by atoms with Crippen LogP contribution in [0.15, 0.2) is 47.8 Å². The van der Waals surface area contributed by atoms with Crippen molar-refractivity contribution in [2.75, 3.05) is 7.05 Å². The first-order valence-electron chi connectivity index (χ1n) is 4.82. The molecule has 16 heavy (non-hydrogen) atoms. The molecule has 0 heterocycles. The molecule has 0 atom stereocenters. The van der Waals surface area contributed by atoms with Crippen molar-refractivity contribution in [2.24, 2.45) is 5.29 Å². The third-order valence-electron chi connectivity index (χ3n) is 2.41. The van der Waals surface area contributed by atoms with Gasteiger partial charge >= 0.3 is 0 Å². The van der Waals surface area contributed by atoms with Gasteiger partial charge in [0.1, 0.15) is 0 Å². The lowest BCUT2D eigenvalue weighted by molar-refractivity contribution is 0.0797. The summed E-state index contributed by atoms with van der Waals surface area (Å²) in [5.41, 5.74) is 0.459. The summed E-state index contributed by atoms with van der Waals surface area (Å²) >= 11 is 0. The van der Waals surface area contributed by atoms with Crippen LogP contribution in [0.2, 0.25) is 0 Å². The summed E-state index contributed by atoms with van der Waals surface area (Å²) in [6, 6.07) is 13.0. The van der Waals surface area contributed by atoms with Gasteiger partial charge in [0, 0.05) is 12.6 Å². The van der Waals surface area contributed by atoms with E-state index in [-0.39, 0.29) is 0 Å². The van der Waals surface area contributed by atoms with E-state index in [0.29, 0.717) is 5.56 Å². The second kappa shape index (κ2) is 4.10. The van der Waals surface area contributed by atoms with Gasteiger partial charge in [-0.25, -0.2) is 0 Å². The second-order valence-electron chi connectivity index (χ2n) is 3.47. The van der Waals surface area contributed by atoms with Crippen LogP contribution in [0, 0.1) is 4.91 Å². The largest absolute Gasteiger partial charge is 0.276 e. The summed E-state index contributed by atoms with van der Waals surface area (Å²) < 4.78 is 0. The molecule has 0 radical (unpaired) electrons. The lowest BCUT2D eigenvalue weighted by Crippen LogP contribution is -2.20. The summed E-state index contributed by atoms with van der Waals surface area (Å²) in [7, 11) is 1.34. The Morgan fingerprint density at radius 2 is 1.81 bits per heavy atom. The van der Waals surface area contributed by atoms with Crippen molar-refractivity contribution in [1.82, 2.24) is 5.01 Å². The molecule has 2 aromatic rings. The predicted octanol–water partition coefficient (Wildman–Crippen LogP) is 2.59. The average molecular weight is 214 g/mol. The fourth-order valence-electron chi connectivity index (χ4n) is 1.55. The Morgan fingerprint density at radius 3 is 2.50 bits per heavy atom. The molecule has 0 unspecified atom stereocenters. The van der Waals surface area contributed by atoms with Crippen LogP contribution >= 0.6 is 0 Å². The Hall–Kier alpha value is -2.23. The highest BCUT2D eigenvalue weighted by molar-refractivity contribution is 5.98. The van der Waals surface area contributed by atoms with Crippen molar-refractivity contribution in [3.05, 3.63) is 52.9 Å². The van der Waals surface area contributed by atoms with Crippen molar-refractivity contribution < 1.29 is 4.79 Å². The number of benzene rings is 2. The van der Waals surface area contributed by atoms with Crippen LogP contribution in [-0.2, 0) is 0 Å². The molecule has 0 aliphatic rings. The van der Waals surface area contributed by atoms with Gasteiger partial charge in [-0.05, 0) is 22.9 Å². The summed E-state index contributed by atoms with van der Waals surface area (Å²) in [6.45, 7) is 0. The van der Waals surface area contributed by atoms with Crippen LogP contribution in [0.3, 0.4) is 0 Å². The van der Waals surface area contributed by atoms with Gasteiger partial charge in [0.2, 0.25) is 0 Å². The molecule has 4 heteroatoms. The maximum absolute atomic E-state index is 11.7. The van der Waals surface area contributed by atoms with Crippen molar-refractivity contribution in [3.8, 4) is 0 Å². The Balaban J connectivity index is 2.47. The molecular formula is C12H10N2O2. The first kappa shape index (κ1) is 10.3. The van der Waals surface area contributed by atoms with Gasteiger partial charge in [0.05, 0.1) is 5.29 Å². The van der Waals surface area contributed by atoms with Gasteiger partial charge in [-0.2, -0.15) is 5.01 Å². The third-order valence-corrected chi connectivity index (χ3v) is 2.41. The molecule has 0 spiro atoms. The highest BCUT2D eigenvalue weighted by Crippen LogP contribution is 2.16. The van der Waals surface area contributed by atoms with Crippen LogP contribution in [0.25, 0.3) is 10.8 Å². The first-order valence-corrected chi connectivity index (χ1v) is 4.82. The molecule has 80 valence electrons. The quantitative estimate of drug-likeness (QED) is 0.569. The Morgan fingerprint density at radius 1 is 1.12 bits per heavy atom. The third kappa shape index (κ3) is 1.77. The standard InChI is InChI=1S/C12H10N2O2/c1-14(13-16)12(15)11-7-6-9-4-2-3-5-10(9)8-11/h2-8H,1H3. The number of carbonyl (C=O) groups is 1. The second-order valence-corrected chi connectivity index (χ2v) is 3.47. The van der Waals surface area contributed by atoms with Gasteiger partial charge in [-0.3, -0.25) is 4.79 Å². The molecule has 4 nitrogen and oxygen atoms in total. The summed E-state index contributed by atoms with van der Waals surface area (Å²) in [4.78, 5) is 21.9. The van der Waals surface area contributed by atoms with Gasteiger partial charge in [-0.1, -0.05) is 30.3 Å². The van der Waals surface area contributed by atoms with E-state index in [4.69, 9.17) is 0 Å². The highest BCUT2D eigenvalue weighted by Gasteiger charge is 2.11. The van der Waals surface area contributed by atoms with E-state index in [0.717, 1.165) is 15.8 Å². The molecule has 0 aliphatic carbocycles. The molecule has 0 saturated heterocycles. The highest BCUT2D eigenvalue weighted by atomic mass is 16.3. The molecule has 0 saturated carbocycles. The van der Waals surface area contributed by atoms with E-state index in [9.17, 15) is 9.70 Å². The number of nitrogens with zero attached hydrogens (tertiary/aromatic N) is 2. The molecule has 2 rings (SSSR count). The molecule has 0 aliphatic heterocycles. The van der Waals surface area contributed by atoms with E-state index in [1.807, 2.05) is 30.3 Å². The fraction of sp³-hybridized carbons (Fsp3) is 0.0833. The number of hydrogen-bond donors (Lipinski definition) is 0. The monoisotopic (exact) mass is 214 g/mol. The molecular weight excluding hydrogens is 204 g/mol. The van der Waals surface area contributed by atoms with E-state index >= 15 is 0 Å². The normalized spacial score (nSPS) is 10.1. The van der Waals surface area contributed by atoms with Gasteiger partial charge in [0.25, 0.3) is 5.91 Å². The summed E-state index contributed by atoms with van der Waals surface area (Å²) in [6.07, 6.45) is 0. The Kier molecular flexibility index (Phi) is 2.64. The van der Waals surface area contributed by atoms with E-state index < -0.39 is 5.91 Å². The SMILES string of the molecule is CN(N=O)C(=O)c1ccc2ccccc2c1. The van der Waals surface area contributed by atoms with Crippen LogP contribution in [0.4, 0.5) is 0 Å². The molecule has 0 N–H and O–H groups in total. The number of amides is 1. The molecule has 0 aromatic heterocycles. The zero-order chi connectivity index (χ0) is 11.5. The fourth-order valence-corrected chi connectivity index (χ4v) is 1.55. The summed E-state index contributed by atoms with van der Waals surface area (Å²) in [5, 5.41) is 5.38. The van der Waals surface area contributed by atoms with Gasteiger partial charge < -0.3 is 0 Å². The minimum absolute atomic E-state index is 0.402. The van der Waals surface area contributed by atoms with Crippen molar-refractivity contribution in [1.29, 1.82) is 0 Å². The van der Waals surface area contributed by atoms with E-state index in [1.54, 1.807) is 12.1 Å². The maximum Gasteiger partial charge on any atom is 0.276 e. The van der Waals surface area contributed by atoms with Crippen molar-refractivity contribution in [3.63, 3.8) is 0 Å². The van der Waals surface area contributed by atoms with Crippen molar-refractivity contribution in [2.45, 2.75) is 0 Å². The molecule has 0 bridgehead atoms. The zero-order valence-electron chi connectivity index (χ0n) is 8.75. The van der Waals surface area contributed by atoms with E-state index in [2.05, 4.69) is 5.29 Å². The Labute approximate surface area is 92.4 Å². The molecule has 2 aromatic carbocycles.